The number of halogens is 2. The van der Waals surface area contributed by atoms with Gasteiger partial charge in [-0.3, -0.25) is 19.7 Å². The fraction of sp³-hybridized carbons (Fsp3) is 0.273. The van der Waals surface area contributed by atoms with Crippen molar-refractivity contribution >= 4 is 56.2 Å². The first kappa shape index (κ1) is 24.8. The lowest BCUT2D eigenvalue weighted by molar-refractivity contribution is -0.385. The number of carbonyl (C=O) groups is 1. The fourth-order valence-corrected chi connectivity index (χ4v) is 4.12. The predicted molar refractivity (Wildman–Crippen MR) is 132 cm³/mol. The topological polar surface area (TPSA) is 129 Å². The number of nitrogens with zero attached hydrogens (tertiary/aromatic N) is 5. The number of fused-ring (bicyclic) bond motifs is 1. The van der Waals surface area contributed by atoms with Gasteiger partial charge in [-0.15, -0.1) is 0 Å². The van der Waals surface area contributed by atoms with Gasteiger partial charge in [-0.05, 0) is 31.2 Å². The molecule has 1 amide bonds. The Morgan fingerprint density at radius 1 is 1.34 bits per heavy atom. The molecule has 182 valence electrons. The summed E-state index contributed by atoms with van der Waals surface area (Å²) in [6.45, 7) is 2.83. The zero-order chi connectivity index (χ0) is 25.1. The Kier molecular flexibility index (Phi) is 7.43. The van der Waals surface area contributed by atoms with Gasteiger partial charge in [0.1, 0.15) is 5.82 Å². The van der Waals surface area contributed by atoms with E-state index in [4.69, 9.17) is 21.1 Å². The third kappa shape index (κ3) is 5.50. The largest absolute Gasteiger partial charge is 0.476 e. The van der Waals surface area contributed by atoms with E-state index in [0.29, 0.717) is 47.5 Å². The minimum absolute atomic E-state index is 0.0645. The number of nitro groups is 1. The molecule has 0 N–H and O–H groups in total. The second kappa shape index (κ2) is 10.5. The summed E-state index contributed by atoms with van der Waals surface area (Å²) in [5.74, 6) is -0.216. The quantitative estimate of drug-likeness (QED) is 0.255. The number of amides is 1. The van der Waals surface area contributed by atoms with E-state index in [0.717, 1.165) is 10.7 Å². The summed E-state index contributed by atoms with van der Waals surface area (Å²) in [6, 6.07) is 7.64. The first-order chi connectivity index (χ1) is 16.7. The summed E-state index contributed by atoms with van der Waals surface area (Å²) in [5, 5.41) is 16.3. The molecule has 35 heavy (non-hydrogen) atoms. The van der Waals surface area contributed by atoms with Crippen molar-refractivity contribution < 1.29 is 19.2 Å². The lowest BCUT2D eigenvalue weighted by Crippen LogP contribution is -2.43. The molecule has 4 rings (SSSR count). The number of ether oxygens (including phenoxy) is 2. The molecule has 3 aromatic rings. The van der Waals surface area contributed by atoms with E-state index in [-0.39, 0.29) is 22.2 Å². The second-order valence-corrected chi connectivity index (χ2v) is 8.92. The number of hydrogen-bond donors (Lipinski definition) is 0. The average Bonchev–Trinajstić information content (AvgIpc) is 2.83. The maximum absolute atomic E-state index is 13.0. The Balaban J connectivity index is 1.71. The van der Waals surface area contributed by atoms with Crippen LogP contribution in [0.4, 0.5) is 5.69 Å². The molecule has 0 aliphatic carbocycles. The van der Waals surface area contributed by atoms with Crippen molar-refractivity contribution in [2.75, 3.05) is 32.9 Å². The highest BCUT2D eigenvalue weighted by atomic mass is 79.9. The monoisotopic (exact) mass is 563 g/mol. The molecule has 1 aromatic heterocycles. The average molecular weight is 565 g/mol. The van der Waals surface area contributed by atoms with Crippen molar-refractivity contribution in [2.24, 2.45) is 5.10 Å². The van der Waals surface area contributed by atoms with Crippen LogP contribution in [0.25, 0.3) is 10.9 Å². The third-order valence-electron chi connectivity index (χ3n) is 5.25. The van der Waals surface area contributed by atoms with Crippen LogP contribution in [0.5, 0.6) is 5.75 Å². The van der Waals surface area contributed by atoms with Crippen LogP contribution in [-0.2, 0) is 9.53 Å². The number of carbonyl (C=O) groups excluding carboxylic acids is 1. The van der Waals surface area contributed by atoms with E-state index in [2.05, 4.69) is 26.0 Å². The molecular weight excluding hydrogens is 546 g/mol. The summed E-state index contributed by atoms with van der Waals surface area (Å²) < 4.78 is 12.6. The van der Waals surface area contributed by atoms with Crippen molar-refractivity contribution in [1.29, 1.82) is 0 Å². The minimum Gasteiger partial charge on any atom is -0.476 e. The van der Waals surface area contributed by atoms with Gasteiger partial charge >= 0.3 is 5.69 Å². The SMILES string of the molecule is Cc1nc2ccc(Br)cc2c(=O)n1N=Cc1cc(Cl)cc([N+](=O)[O-])c1OCC(=O)N1CCOCC1. The van der Waals surface area contributed by atoms with E-state index in [1.54, 1.807) is 30.0 Å². The summed E-state index contributed by atoms with van der Waals surface area (Å²) in [6.07, 6.45) is 1.22. The molecule has 0 atom stereocenters. The maximum Gasteiger partial charge on any atom is 0.313 e. The van der Waals surface area contributed by atoms with Gasteiger partial charge in [0.05, 0.1) is 35.3 Å². The normalized spacial score (nSPS) is 14.0. The van der Waals surface area contributed by atoms with Crippen LogP contribution in [0, 0.1) is 17.0 Å². The molecule has 1 fully saturated rings. The van der Waals surface area contributed by atoms with E-state index in [1.165, 1.54) is 12.3 Å². The van der Waals surface area contributed by atoms with Gasteiger partial charge in [-0.25, -0.2) is 4.98 Å². The van der Waals surface area contributed by atoms with Gasteiger partial charge < -0.3 is 14.4 Å². The Hall–Kier alpha value is -3.35. The molecule has 0 radical (unpaired) electrons. The number of hydrogen-bond acceptors (Lipinski definition) is 8. The first-order valence-corrected chi connectivity index (χ1v) is 11.6. The molecule has 1 aliphatic rings. The van der Waals surface area contributed by atoms with E-state index in [1.807, 2.05) is 0 Å². The molecule has 0 spiro atoms. The molecule has 0 unspecified atom stereocenters. The molecular formula is C22H19BrClN5O6. The highest BCUT2D eigenvalue weighted by Gasteiger charge is 2.24. The fourth-order valence-electron chi connectivity index (χ4n) is 3.54. The minimum atomic E-state index is -0.662. The summed E-state index contributed by atoms with van der Waals surface area (Å²) in [7, 11) is 0. The Morgan fingerprint density at radius 2 is 2.09 bits per heavy atom. The van der Waals surface area contributed by atoms with E-state index >= 15 is 0 Å². The molecule has 0 bridgehead atoms. The number of aromatic nitrogens is 2. The first-order valence-electron chi connectivity index (χ1n) is 10.4. The van der Waals surface area contributed by atoms with Crippen LogP contribution >= 0.6 is 27.5 Å². The summed E-state index contributed by atoms with van der Waals surface area (Å²) in [4.78, 5) is 42.5. The van der Waals surface area contributed by atoms with Crippen LogP contribution < -0.4 is 10.3 Å². The predicted octanol–water partition coefficient (Wildman–Crippen LogP) is 3.15. The zero-order valence-corrected chi connectivity index (χ0v) is 20.8. The standard InChI is InChI=1S/C22H19BrClN5O6/c1-13-26-18-3-2-15(23)9-17(18)22(31)28(13)25-11-14-8-16(24)10-19(29(32)33)21(14)35-12-20(30)27-4-6-34-7-5-27/h2-3,8-11H,4-7,12H2,1H3. The van der Waals surface area contributed by atoms with Crippen LogP contribution in [0.15, 0.2) is 44.7 Å². The highest BCUT2D eigenvalue weighted by molar-refractivity contribution is 9.10. The number of rotatable bonds is 6. The van der Waals surface area contributed by atoms with Crippen molar-refractivity contribution in [3.05, 3.63) is 71.7 Å². The highest BCUT2D eigenvalue weighted by Crippen LogP contribution is 2.34. The smallest absolute Gasteiger partial charge is 0.313 e. The summed E-state index contributed by atoms with van der Waals surface area (Å²) in [5.41, 5.74) is -0.226. The van der Waals surface area contributed by atoms with Crippen molar-refractivity contribution in [2.45, 2.75) is 6.92 Å². The zero-order valence-electron chi connectivity index (χ0n) is 18.4. The second-order valence-electron chi connectivity index (χ2n) is 7.56. The lowest BCUT2D eigenvalue weighted by Gasteiger charge is -2.26. The van der Waals surface area contributed by atoms with Gasteiger partial charge in [0.2, 0.25) is 5.75 Å². The van der Waals surface area contributed by atoms with Gasteiger partial charge in [-0.2, -0.15) is 9.78 Å². The van der Waals surface area contributed by atoms with Crippen LogP contribution in [0.3, 0.4) is 0 Å². The Bertz CT molecular complexity index is 1400. The molecule has 2 aromatic carbocycles. The number of nitro benzene ring substituents is 1. The van der Waals surface area contributed by atoms with E-state index in [9.17, 15) is 19.7 Å². The van der Waals surface area contributed by atoms with Gasteiger partial charge in [-0.1, -0.05) is 27.5 Å². The molecule has 2 heterocycles. The molecule has 1 aliphatic heterocycles. The molecule has 11 nitrogen and oxygen atoms in total. The number of morpholine rings is 1. The van der Waals surface area contributed by atoms with Crippen molar-refractivity contribution in [3.63, 3.8) is 0 Å². The Labute approximate surface area is 212 Å². The van der Waals surface area contributed by atoms with Gasteiger partial charge in [0.25, 0.3) is 11.5 Å². The van der Waals surface area contributed by atoms with E-state index < -0.39 is 22.8 Å². The third-order valence-corrected chi connectivity index (χ3v) is 5.96. The molecule has 1 saturated heterocycles. The maximum atomic E-state index is 13.0. The lowest BCUT2D eigenvalue weighted by atomic mass is 10.2. The van der Waals surface area contributed by atoms with Crippen LogP contribution in [0.2, 0.25) is 5.02 Å². The van der Waals surface area contributed by atoms with Crippen LogP contribution in [-0.4, -0.2) is 64.5 Å². The number of benzene rings is 2. The van der Waals surface area contributed by atoms with Crippen molar-refractivity contribution in [1.82, 2.24) is 14.6 Å². The summed E-state index contributed by atoms with van der Waals surface area (Å²) >= 11 is 9.43. The Morgan fingerprint density at radius 3 is 2.80 bits per heavy atom. The van der Waals surface area contributed by atoms with Crippen LogP contribution in [0.1, 0.15) is 11.4 Å². The van der Waals surface area contributed by atoms with Gasteiger partial charge in [0, 0.05) is 34.2 Å². The molecule has 0 saturated carbocycles. The van der Waals surface area contributed by atoms with Gasteiger partial charge in [0.15, 0.2) is 6.61 Å². The van der Waals surface area contributed by atoms with Crippen molar-refractivity contribution in [3.8, 4) is 5.75 Å². The number of aryl methyl sites for hydroxylation is 1. The molecule has 13 heteroatoms.